The Kier molecular flexibility index (Phi) is 7.25. The number of carbonyl (C=O) groups is 1. The molecule has 2 aromatic carbocycles. The molecule has 0 bridgehead atoms. The molecule has 206 valence electrons. The second-order valence-corrected chi connectivity index (χ2v) is 10.5. The number of nitrogens with zero attached hydrogens (tertiary/aromatic N) is 2. The maximum Gasteiger partial charge on any atom is 0.416 e. The van der Waals surface area contributed by atoms with Gasteiger partial charge in [0.05, 0.1) is 55.2 Å². The van der Waals surface area contributed by atoms with E-state index in [1.165, 1.54) is 26.2 Å². The molecule has 0 amide bonds. The van der Waals surface area contributed by atoms with Crippen molar-refractivity contribution in [2.24, 2.45) is 11.1 Å². The van der Waals surface area contributed by atoms with Crippen LogP contribution in [0.15, 0.2) is 53.0 Å². The van der Waals surface area contributed by atoms with Gasteiger partial charge in [-0.1, -0.05) is 25.4 Å². The number of carbonyl (C=O) groups excluding carboxylic acids is 1. The van der Waals surface area contributed by atoms with Crippen LogP contribution >= 0.6 is 11.6 Å². The highest BCUT2D eigenvalue weighted by atomic mass is 35.5. The quantitative estimate of drug-likeness (QED) is 0.456. The number of halogens is 4. The average molecular weight is 562 g/mol. The first kappa shape index (κ1) is 28.2. The molecule has 0 saturated heterocycles. The van der Waals surface area contributed by atoms with Gasteiger partial charge >= 0.3 is 6.18 Å². The summed E-state index contributed by atoms with van der Waals surface area (Å²) < 4.78 is 57.6. The maximum absolute atomic E-state index is 13.8. The molecule has 0 fully saturated rings. The summed E-state index contributed by atoms with van der Waals surface area (Å²) >= 11 is 6.43. The molecule has 2 N–H and O–H groups in total. The summed E-state index contributed by atoms with van der Waals surface area (Å²) in [5.41, 5.74) is 5.90. The molecular formula is C28H27ClF3N3O4. The molecule has 0 aromatic heterocycles. The number of allylic oxidation sites excluding steroid dienone is 3. The molecule has 2 aromatic rings. The summed E-state index contributed by atoms with van der Waals surface area (Å²) in [5, 5.41) is 10.3. The molecule has 2 aliphatic rings. The van der Waals surface area contributed by atoms with Crippen LogP contribution in [0.2, 0.25) is 5.02 Å². The standard InChI is InChI=1S/C28H27ClF3N3O4/c1-27(2)11-19-24(20(36)12-27)23(25-21(38-4)9-15(37-3)10-22(25)39-5)16(13-33)26(34)35(19)18-8-14(28(30,31)32)6-7-17(18)29/h6-10,23H,11-12,34H2,1-5H3. The van der Waals surface area contributed by atoms with E-state index in [2.05, 4.69) is 6.07 Å². The minimum absolute atomic E-state index is 0.0241. The van der Waals surface area contributed by atoms with Crippen molar-refractivity contribution in [3.05, 3.63) is 69.1 Å². The average Bonchev–Trinajstić information content (AvgIpc) is 2.86. The van der Waals surface area contributed by atoms with Crippen LogP contribution in [0.5, 0.6) is 17.2 Å². The van der Waals surface area contributed by atoms with Crippen molar-refractivity contribution in [1.82, 2.24) is 0 Å². The minimum atomic E-state index is -4.66. The van der Waals surface area contributed by atoms with Gasteiger partial charge < -0.3 is 19.9 Å². The van der Waals surface area contributed by atoms with Gasteiger partial charge in [0, 0.05) is 35.4 Å². The lowest BCUT2D eigenvalue weighted by Gasteiger charge is -2.44. The van der Waals surface area contributed by atoms with Gasteiger partial charge in [0.15, 0.2) is 5.78 Å². The predicted octanol–water partition coefficient (Wildman–Crippen LogP) is 6.33. The number of ketones is 1. The molecule has 11 heteroatoms. The second-order valence-electron chi connectivity index (χ2n) is 10.1. The normalized spacial score (nSPS) is 19.0. The number of rotatable bonds is 5. The van der Waals surface area contributed by atoms with E-state index < -0.39 is 23.1 Å². The highest BCUT2D eigenvalue weighted by Crippen LogP contribution is 2.54. The Labute approximate surface area is 229 Å². The number of ether oxygens (including phenoxy) is 3. The zero-order chi connectivity index (χ0) is 28.9. The minimum Gasteiger partial charge on any atom is -0.496 e. The van der Waals surface area contributed by atoms with Crippen molar-refractivity contribution >= 4 is 23.1 Å². The van der Waals surface area contributed by atoms with Gasteiger partial charge in [-0.15, -0.1) is 0 Å². The molecule has 7 nitrogen and oxygen atoms in total. The van der Waals surface area contributed by atoms with Crippen molar-refractivity contribution in [2.45, 2.75) is 38.8 Å². The lowest BCUT2D eigenvalue weighted by Crippen LogP contribution is -2.42. The van der Waals surface area contributed by atoms with Crippen molar-refractivity contribution in [1.29, 1.82) is 5.26 Å². The molecule has 4 rings (SSSR count). The third-order valence-corrected chi connectivity index (χ3v) is 7.26. The van der Waals surface area contributed by atoms with Crippen LogP contribution in [0.1, 0.15) is 43.7 Å². The Hall–Kier alpha value is -3.84. The number of hydrogen-bond donors (Lipinski definition) is 1. The lowest BCUT2D eigenvalue weighted by molar-refractivity contribution is -0.137. The molecule has 0 spiro atoms. The first-order valence-electron chi connectivity index (χ1n) is 11.9. The summed E-state index contributed by atoms with van der Waals surface area (Å²) in [6.45, 7) is 3.76. The Morgan fingerprint density at radius 3 is 2.21 bits per heavy atom. The largest absolute Gasteiger partial charge is 0.496 e. The second kappa shape index (κ2) is 10.0. The summed E-state index contributed by atoms with van der Waals surface area (Å²) in [7, 11) is 4.32. The third-order valence-electron chi connectivity index (χ3n) is 6.94. The molecular weight excluding hydrogens is 535 g/mol. The zero-order valence-corrected chi connectivity index (χ0v) is 22.8. The Balaban J connectivity index is 2.10. The van der Waals surface area contributed by atoms with Gasteiger partial charge in [0.2, 0.25) is 0 Å². The number of Topliss-reactive ketones (excluding diaryl/α,β-unsaturated/α-hetero) is 1. The lowest BCUT2D eigenvalue weighted by atomic mass is 9.68. The maximum atomic E-state index is 13.8. The number of benzene rings is 2. The van der Waals surface area contributed by atoms with E-state index in [-0.39, 0.29) is 57.8 Å². The topological polar surface area (TPSA) is 97.8 Å². The van der Waals surface area contributed by atoms with E-state index in [4.69, 9.17) is 31.5 Å². The van der Waals surface area contributed by atoms with E-state index >= 15 is 0 Å². The summed E-state index contributed by atoms with van der Waals surface area (Å²) in [4.78, 5) is 15.1. The van der Waals surface area contributed by atoms with Crippen LogP contribution in [0, 0.1) is 16.7 Å². The van der Waals surface area contributed by atoms with E-state index in [0.717, 1.165) is 18.2 Å². The van der Waals surface area contributed by atoms with Crippen LogP contribution in [0.3, 0.4) is 0 Å². The molecule has 1 aliphatic heterocycles. The number of anilines is 1. The summed E-state index contributed by atoms with van der Waals surface area (Å²) in [5.74, 6) is -0.447. The van der Waals surface area contributed by atoms with Crippen molar-refractivity contribution in [2.75, 3.05) is 26.2 Å². The highest BCUT2D eigenvalue weighted by Gasteiger charge is 2.47. The smallest absolute Gasteiger partial charge is 0.416 e. The Morgan fingerprint density at radius 2 is 1.69 bits per heavy atom. The third kappa shape index (κ3) is 4.87. The summed E-state index contributed by atoms with van der Waals surface area (Å²) in [6.07, 6.45) is -4.24. The van der Waals surface area contributed by atoms with Crippen LogP contribution in [-0.2, 0) is 11.0 Å². The fourth-order valence-corrected chi connectivity index (χ4v) is 5.45. The highest BCUT2D eigenvalue weighted by molar-refractivity contribution is 6.33. The Bertz CT molecular complexity index is 1430. The molecule has 0 saturated carbocycles. The van der Waals surface area contributed by atoms with Crippen molar-refractivity contribution in [3.8, 4) is 23.3 Å². The summed E-state index contributed by atoms with van der Waals surface area (Å²) in [6, 6.07) is 8.13. The number of nitrogens with two attached hydrogens (primary N) is 1. The molecule has 1 unspecified atom stereocenters. The zero-order valence-electron chi connectivity index (χ0n) is 22.0. The van der Waals surface area contributed by atoms with Crippen LogP contribution in [-0.4, -0.2) is 27.1 Å². The Morgan fingerprint density at radius 1 is 1.08 bits per heavy atom. The molecule has 39 heavy (non-hydrogen) atoms. The molecule has 1 aliphatic carbocycles. The molecule has 1 heterocycles. The van der Waals surface area contributed by atoms with Crippen LogP contribution < -0.4 is 24.8 Å². The number of hydrogen-bond acceptors (Lipinski definition) is 7. The van der Waals surface area contributed by atoms with Gasteiger partial charge in [-0.3, -0.25) is 9.69 Å². The van der Waals surface area contributed by atoms with Gasteiger partial charge in [-0.2, -0.15) is 18.4 Å². The number of alkyl halides is 3. The van der Waals surface area contributed by atoms with Gasteiger partial charge in [0.25, 0.3) is 0 Å². The van der Waals surface area contributed by atoms with E-state index in [1.54, 1.807) is 12.1 Å². The first-order valence-corrected chi connectivity index (χ1v) is 12.3. The number of nitriles is 1. The van der Waals surface area contributed by atoms with E-state index in [0.29, 0.717) is 17.0 Å². The van der Waals surface area contributed by atoms with Gasteiger partial charge in [0.1, 0.15) is 23.1 Å². The van der Waals surface area contributed by atoms with Gasteiger partial charge in [-0.25, -0.2) is 0 Å². The van der Waals surface area contributed by atoms with E-state index in [1.807, 2.05) is 13.8 Å². The fourth-order valence-electron chi connectivity index (χ4n) is 5.25. The van der Waals surface area contributed by atoms with Crippen LogP contribution in [0.25, 0.3) is 0 Å². The van der Waals surface area contributed by atoms with E-state index in [9.17, 15) is 23.2 Å². The van der Waals surface area contributed by atoms with Crippen molar-refractivity contribution in [3.63, 3.8) is 0 Å². The van der Waals surface area contributed by atoms with Crippen molar-refractivity contribution < 1.29 is 32.2 Å². The van der Waals surface area contributed by atoms with Crippen LogP contribution in [0.4, 0.5) is 18.9 Å². The number of methoxy groups -OCH3 is 3. The monoisotopic (exact) mass is 561 g/mol. The first-order chi connectivity index (χ1) is 18.3. The SMILES string of the molecule is COc1cc(OC)c(C2C(C#N)=C(N)N(c3cc(C(F)(F)F)ccc3Cl)C3=C2C(=O)CC(C)(C)C3)c(OC)c1. The predicted molar refractivity (Wildman–Crippen MR) is 140 cm³/mol. The van der Waals surface area contributed by atoms with Gasteiger partial charge in [-0.05, 0) is 30.0 Å². The molecule has 0 radical (unpaired) electrons. The fraction of sp³-hybridized carbons (Fsp3) is 0.357. The molecule has 1 atom stereocenters.